The van der Waals surface area contributed by atoms with E-state index in [4.69, 9.17) is 10.8 Å². The molecule has 0 aliphatic carbocycles. The average molecular weight is 226 g/mol. The van der Waals surface area contributed by atoms with Crippen molar-refractivity contribution in [2.75, 3.05) is 30.3 Å². The predicted molar refractivity (Wildman–Crippen MR) is 58.4 cm³/mol. The molecule has 1 saturated heterocycles. The Hall–Kier alpha value is -1.43. The zero-order valence-corrected chi connectivity index (χ0v) is 8.93. The van der Waals surface area contributed by atoms with Gasteiger partial charge >= 0.3 is 0 Å². The molecular weight excluding hydrogens is 211 g/mol. The number of hydrogen-bond donors (Lipinski definition) is 2. The van der Waals surface area contributed by atoms with E-state index in [0.717, 1.165) is 19.0 Å². The van der Waals surface area contributed by atoms with Crippen LogP contribution in [0.4, 0.5) is 16.2 Å². The molecular formula is C10H15FN4O. The van der Waals surface area contributed by atoms with E-state index in [1.165, 1.54) is 0 Å². The number of hydrogen-bond acceptors (Lipinski definition) is 5. The van der Waals surface area contributed by atoms with E-state index < -0.39 is 5.82 Å². The minimum absolute atomic E-state index is 0.0840. The van der Waals surface area contributed by atoms with Crippen LogP contribution in [0.3, 0.4) is 0 Å². The van der Waals surface area contributed by atoms with E-state index in [9.17, 15) is 4.39 Å². The normalized spacial score (nSPS) is 17.8. The summed E-state index contributed by atoms with van der Waals surface area (Å²) in [6, 6.07) is 0. The number of piperidine rings is 1. The Morgan fingerprint density at radius 2 is 2.19 bits per heavy atom. The van der Waals surface area contributed by atoms with Gasteiger partial charge in [-0.15, -0.1) is 0 Å². The van der Waals surface area contributed by atoms with Gasteiger partial charge in [-0.25, -0.2) is 9.37 Å². The number of anilines is 2. The number of nitrogens with two attached hydrogens (primary N) is 1. The highest BCUT2D eigenvalue weighted by atomic mass is 19.1. The molecule has 0 amide bonds. The quantitative estimate of drug-likeness (QED) is 0.763. The molecule has 0 saturated carbocycles. The lowest BCUT2D eigenvalue weighted by atomic mass is 9.98. The molecule has 1 aliphatic rings. The minimum atomic E-state index is -0.448. The van der Waals surface area contributed by atoms with Gasteiger partial charge in [0, 0.05) is 19.7 Å². The van der Waals surface area contributed by atoms with Crippen LogP contribution in [0.1, 0.15) is 12.8 Å². The highest BCUT2D eigenvalue weighted by molar-refractivity contribution is 5.42. The van der Waals surface area contributed by atoms with Crippen molar-refractivity contribution in [3.8, 4) is 0 Å². The molecule has 3 N–H and O–H groups in total. The lowest BCUT2D eigenvalue weighted by Gasteiger charge is -2.31. The van der Waals surface area contributed by atoms with Gasteiger partial charge in [0.05, 0.1) is 6.20 Å². The second-order valence-corrected chi connectivity index (χ2v) is 4.01. The summed E-state index contributed by atoms with van der Waals surface area (Å²) in [4.78, 5) is 9.34. The Bertz CT molecular complexity index is 366. The van der Waals surface area contributed by atoms with E-state index in [-0.39, 0.29) is 18.4 Å². The molecule has 16 heavy (non-hydrogen) atoms. The highest BCUT2D eigenvalue weighted by Gasteiger charge is 2.22. The molecule has 0 aromatic carbocycles. The van der Waals surface area contributed by atoms with Gasteiger partial charge in [0.1, 0.15) is 0 Å². The lowest BCUT2D eigenvalue weighted by Crippen LogP contribution is -2.36. The maximum atomic E-state index is 13.5. The molecule has 2 heterocycles. The first kappa shape index (κ1) is 11.1. The van der Waals surface area contributed by atoms with E-state index >= 15 is 0 Å². The maximum Gasteiger partial charge on any atom is 0.222 e. The fraction of sp³-hybridized carbons (Fsp3) is 0.600. The number of aliphatic hydroxyl groups excluding tert-OH is 1. The average Bonchev–Trinajstić information content (AvgIpc) is 2.32. The first-order valence-electron chi connectivity index (χ1n) is 5.34. The second-order valence-electron chi connectivity index (χ2n) is 4.01. The molecule has 6 heteroatoms. The Kier molecular flexibility index (Phi) is 3.19. The molecule has 5 nitrogen and oxygen atoms in total. The van der Waals surface area contributed by atoms with Crippen molar-refractivity contribution >= 4 is 11.8 Å². The van der Waals surface area contributed by atoms with Gasteiger partial charge in [-0.05, 0) is 18.8 Å². The summed E-state index contributed by atoms with van der Waals surface area (Å²) >= 11 is 0. The number of halogens is 1. The van der Waals surface area contributed by atoms with Crippen molar-refractivity contribution in [1.29, 1.82) is 0 Å². The second kappa shape index (κ2) is 4.61. The van der Waals surface area contributed by atoms with Crippen molar-refractivity contribution < 1.29 is 9.50 Å². The molecule has 1 aromatic heterocycles. The van der Waals surface area contributed by atoms with Crippen molar-refractivity contribution in [2.24, 2.45) is 5.92 Å². The first-order chi connectivity index (χ1) is 7.70. The van der Waals surface area contributed by atoms with Crippen LogP contribution < -0.4 is 10.6 Å². The third kappa shape index (κ3) is 2.21. The topological polar surface area (TPSA) is 75.3 Å². The third-order valence-electron chi connectivity index (χ3n) is 2.92. The molecule has 1 fully saturated rings. The Morgan fingerprint density at radius 3 is 2.81 bits per heavy atom. The van der Waals surface area contributed by atoms with Crippen LogP contribution in [-0.4, -0.2) is 34.8 Å². The van der Waals surface area contributed by atoms with Crippen LogP contribution >= 0.6 is 0 Å². The van der Waals surface area contributed by atoms with Gasteiger partial charge in [-0.3, -0.25) is 0 Å². The molecule has 0 bridgehead atoms. The fourth-order valence-corrected chi connectivity index (χ4v) is 1.92. The van der Waals surface area contributed by atoms with Crippen LogP contribution in [0.15, 0.2) is 6.20 Å². The summed E-state index contributed by atoms with van der Waals surface area (Å²) < 4.78 is 13.5. The van der Waals surface area contributed by atoms with E-state index in [1.54, 1.807) is 0 Å². The SMILES string of the molecule is Nc1ncc(F)c(N2CCC(CO)CC2)n1. The minimum Gasteiger partial charge on any atom is -0.396 e. The number of aliphatic hydroxyl groups is 1. The lowest BCUT2D eigenvalue weighted by molar-refractivity contribution is 0.202. The molecule has 0 unspecified atom stereocenters. The highest BCUT2D eigenvalue weighted by Crippen LogP contribution is 2.23. The third-order valence-corrected chi connectivity index (χ3v) is 2.92. The van der Waals surface area contributed by atoms with Crippen LogP contribution in [0, 0.1) is 11.7 Å². The smallest absolute Gasteiger partial charge is 0.222 e. The number of nitrogens with zero attached hydrogens (tertiary/aromatic N) is 3. The maximum absolute atomic E-state index is 13.5. The summed E-state index contributed by atoms with van der Waals surface area (Å²) in [5.74, 6) is 0.222. The summed E-state index contributed by atoms with van der Waals surface area (Å²) in [5, 5.41) is 9.01. The molecule has 0 radical (unpaired) electrons. The molecule has 0 spiro atoms. The van der Waals surface area contributed by atoms with Gasteiger partial charge in [-0.2, -0.15) is 4.98 Å². The molecule has 2 rings (SSSR count). The van der Waals surface area contributed by atoms with Gasteiger partial charge in [-0.1, -0.05) is 0 Å². The number of aromatic nitrogens is 2. The van der Waals surface area contributed by atoms with Crippen LogP contribution in [0.2, 0.25) is 0 Å². The molecule has 1 aliphatic heterocycles. The van der Waals surface area contributed by atoms with Gasteiger partial charge in [0.25, 0.3) is 0 Å². The summed E-state index contributed by atoms with van der Waals surface area (Å²) in [6.07, 6.45) is 2.79. The van der Waals surface area contributed by atoms with Crippen LogP contribution in [0.25, 0.3) is 0 Å². The van der Waals surface area contributed by atoms with E-state index in [2.05, 4.69) is 9.97 Å². The molecule has 0 atom stereocenters. The Balaban J connectivity index is 2.10. The van der Waals surface area contributed by atoms with Gasteiger partial charge < -0.3 is 15.7 Å². The van der Waals surface area contributed by atoms with Crippen molar-refractivity contribution in [3.63, 3.8) is 0 Å². The van der Waals surface area contributed by atoms with Gasteiger partial charge in [0.2, 0.25) is 5.95 Å². The van der Waals surface area contributed by atoms with Gasteiger partial charge in [0.15, 0.2) is 11.6 Å². The summed E-state index contributed by atoms with van der Waals surface area (Å²) in [5.41, 5.74) is 5.43. The summed E-state index contributed by atoms with van der Waals surface area (Å²) in [6.45, 7) is 1.58. The summed E-state index contributed by atoms with van der Waals surface area (Å²) in [7, 11) is 0. The number of nitrogen functional groups attached to an aromatic ring is 1. The van der Waals surface area contributed by atoms with Crippen molar-refractivity contribution in [2.45, 2.75) is 12.8 Å². The van der Waals surface area contributed by atoms with Crippen LogP contribution in [-0.2, 0) is 0 Å². The zero-order chi connectivity index (χ0) is 11.5. The Labute approximate surface area is 93.1 Å². The largest absolute Gasteiger partial charge is 0.396 e. The van der Waals surface area contributed by atoms with Crippen LogP contribution in [0.5, 0.6) is 0 Å². The standard InChI is InChI=1S/C10H15FN4O/c11-8-5-13-10(12)14-9(8)15-3-1-7(6-16)2-4-15/h5,7,16H,1-4,6H2,(H2,12,13,14). The molecule has 1 aromatic rings. The van der Waals surface area contributed by atoms with E-state index in [0.29, 0.717) is 19.0 Å². The fourth-order valence-electron chi connectivity index (χ4n) is 1.92. The number of rotatable bonds is 2. The van der Waals surface area contributed by atoms with Crippen molar-refractivity contribution in [3.05, 3.63) is 12.0 Å². The Morgan fingerprint density at radius 1 is 1.50 bits per heavy atom. The monoisotopic (exact) mass is 226 g/mol. The van der Waals surface area contributed by atoms with Crippen molar-refractivity contribution in [1.82, 2.24) is 9.97 Å². The molecule has 88 valence electrons. The predicted octanol–water partition coefficient (Wildman–Crippen LogP) is 0.407. The zero-order valence-electron chi connectivity index (χ0n) is 8.93. The van der Waals surface area contributed by atoms with E-state index in [1.807, 2.05) is 4.90 Å². The first-order valence-corrected chi connectivity index (χ1v) is 5.34.